The lowest BCUT2D eigenvalue weighted by Gasteiger charge is -2.32. The highest BCUT2D eigenvalue weighted by Gasteiger charge is 2.26. The van der Waals surface area contributed by atoms with Crippen molar-refractivity contribution >= 4 is 0 Å². The smallest absolute Gasteiger partial charge is 0.119 e. The van der Waals surface area contributed by atoms with Crippen LogP contribution in [-0.2, 0) is 0 Å². The average molecular weight is 221 g/mol. The van der Waals surface area contributed by atoms with Crippen molar-refractivity contribution in [3.63, 3.8) is 0 Å². The molecular formula is C13H19NO2. The van der Waals surface area contributed by atoms with Crippen molar-refractivity contribution in [2.24, 2.45) is 17.6 Å². The Hall–Kier alpha value is -1.22. The van der Waals surface area contributed by atoms with Gasteiger partial charge in [0, 0.05) is 5.92 Å². The lowest BCUT2D eigenvalue weighted by Crippen LogP contribution is -2.32. The van der Waals surface area contributed by atoms with Crippen LogP contribution in [0.3, 0.4) is 0 Å². The standard InChI is InChI=1S/C13H19NO2/c14-8-11(10-2-1-3-10)9-16-13-6-4-12(15)5-7-13/h4-7,10-11,15H,1-3,8-9,14H2. The summed E-state index contributed by atoms with van der Waals surface area (Å²) in [5.41, 5.74) is 5.75. The molecule has 1 aromatic rings. The zero-order valence-electron chi connectivity index (χ0n) is 9.43. The summed E-state index contributed by atoms with van der Waals surface area (Å²) in [5, 5.41) is 9.14. The van der Waals surface area contributed by atoms with Crippen LogP contribution in [0, 0.1) is 11.8 Å². The number of phenols is 1. The van der Waals surface area contributed by atoms with E-state index in [2.05, 4.69) is 0 Å². The van der Waals surface area contributed by atoms with Gasteiger partial charge in [-0.15, -0.1) is 0 Å². The van der Waals surface area contributed by atoms with Crippen LogP contribution in [0.5, 0.6) is 11.5 Å². The van der Waals surface area contributed by atoms with Gasteiger partial charge in [0.05, 0.1) is 6.61 Å². The van der Waals surface area contributed by atoms with Gasteiger partial charge in [-0.2, -0.15) is 0 Å². The summed E-state index contributed by atoms with van der Waals surface area (Å²) >= 11 is 0. The van der Waals surface area contributed by atoms with Crippen molar-refractivity contribution in [2.45, 2.75) is 19.3 Å². The Morgan fingerprint density at radius 3 is 2.50 bits per heavy atom. The third-order valence-electron chi connectivity index (χ3n) is 3.42. The second-order valence-electron chi connectivity index (χ2n) is 4.49. The zero-order chi connectivity index (χ0) is 11.4. The van der Waals surface area contributed by atoms with E-state index in [0.717, 1.165) is 11.7 Å². The van der Waals surface area contributed by atoms with Crippen LogP contribution in [0.2, 0.25) is 0 Å². The second-order valence-corrected chi connectivity index (χ2v) is 4.49. The lowest BCUT2D eigenvalue weighted by molar-refractivity contribution is 0.142. The van der Waals surface area contributed by atoms with Crippen molar-refractivity contribution in [1.29, 1.82) is 0 Å². The zero-order valence-corrected chi connectivity index (χ0v) is 9.43. The molecule has 0 amide bonds. The van der Waals surface area contributed by atoms with Crippen LogP contribution in [0.1, 0.15) is 19.3 Å². The number of benzene rings is 1. The number of hydrogen-bond donors (Lipinski definition) is 2. The Morgan fingerprint density at radius 1 is 1.31 bits per heavy atom. The van der Waals surface area contributed by atoms with E-state index >= 15 is 0 Å². The number of hydrogen-bond acceptors (Lipinski definition) is 3. The maximum absolute atomic E-state index is 9.14. The van der Waals surface area contributed by atoms with Crippen molar-refractivity contribution in [3.8, 4) is 11.5 Å². The summed E-state index contributed by atoms with van der Waals surface area (Å²) < 4.78 is 5.68. The first-order chi connectivity index (χ1) is 7.79. The Morgan fingerprint density at radius 2 is 2.00 bits per heavy atom. The summed E-state index contributed by atoms with van der Waals surface area (Å²) in [4.78, 5) is 0. The predicted molar refractivity (Wildman–Crippen MR) is 63.5 cm³/mol. The normalized spacial score (nSPS) is 17.8. The van der Waals surface area contributed by atoms with Crippen molar-refractivity contribution in [3.05, 3.63) is 24.3 Å². The van der Waals surface area contributed by atoms with E-state index in [1.54, 1.807) is 24.3 Å². The second kappa shape index (κ2) is 5.21. The van der Waals surface area contributed by atoms with E-state index in [0.29, 0.717) is 19.1 Å². The molecule has 0 radical (unpaired) electrons. The average Bonchev–Trinajstić information content (AvgIpc) is 2.23. The Bertz CT molecular complexity index is 319. The molecule has 1 aliphatic carbocycles. The molecule has 0 spiro atoms. The molecule has 1 aromatic carbocycles. The number of rotatable bonds is 5. The fourth-order valence-electron chi connectivity index (χ4n) is 2.05. The maximum Gasteiger partial charge on any atom is 0.119 e. The first kappa shape index (κ1) is 11.3. The van der Waals surface area contributed by atoms with E-state index < -0.39 is 0 Å². The Labute approximate surface area is 96.2 Å². The molecule has 1 unspecified atom stereocenters. The van der Waals surface area contributed by atoms with E-state index in [9.17, 15) is 0 Å². The van der Waals surface area contributed by atoms with Gasteiger partial charge in [0.1, 0.15) is 11.5 Å². The molecule has 0 bridgehead atoms. The van der Waals surface area contributed by atoms with Gasteiger partial charge in [-0.3, -0.25) is 0 Å². The highest BCUT2D eigenvalue weighted by molar-refractivity contribution is 5.30. The topological polar surface area (TPSA) is 55.5 Å². The van der Waals surface area contributed by atoms with Crippen molar-refractivity contribution < 1.29 is 9.84 Å². The van der Waals surface area contributed by atoms with Gasteiger partial charge in [-0.05, 0) is 49.6 Å². The van der Waals surface area contributed by atoms with Crippen LogP contribution in [0.4, 0.5) is 0 Å². The number of ether oxygens (including phenoxy) is 1. The highest BCUT2D eigenvalue weighted by Crippen LogP contribution is 2.33. The molecule has 0 heterocycles. The van der Waals surface area contributed by atoms with Gasteiger partial charge in [0.25, 0.3) is 0 Å². The molecule has 1 saturated carbocycles. The highest BCUT2D eigenvalue weighted by atomic mass is 16.5. The van der Waals surface area contributed by atoms with E-state index in [-0.39, 0.29) is 5.75 Å². The maximum atomic E-state index is 9.14. The van der Waals surface area contributed by atoms with Crippen LogP contribution in [0.25, 0.3) is 0 Å². The molecule has 3 N–H and O–H groups in total. The molecule has 1 fully saturated rings. The Balaban J connectivity index is 1.83. The van der Waals surface area contributed by atoms with Crippen LogP contribution in [-0.4, -0.2) is 18.3 Å². The monoisotopic (exact) mass is 221 g/mol. The molecule has 0 aromatic heterocycles. The number of aromatic hydroxyl groups is 1. The predicted octanol–water partition coefficient (Wildman–Crippen LogP) is 2.15. The number of nitrogens with two attached hydrogens (primary N) is 1. The molecular weight excluding hydrogens is 202 g/mol. The molecule has 16 heavy (non-hydrogen) atoms. The minimum atomic E-state index is 0.265. The fraction of sp³-hybridized carbons (Fsp3) is 0.538. The lowest BCUT2D eigenvalue weighted by atomic mass is 9.76. The fourth-order valence-corrected chi connectivity index (χ4v) is 2.05. The van der Waals surface area contributed by atoms with E-state index in [1.807, 2.05) is 0 Å². The van der Waals surface area contributed by atoms with Gasteiger partial charge in [0.15, 0.2) is 0 Å². The SMILES string of the molecule is NCC(COc1ccc(O)cc1)C1CCC1. The summed E-state index contributed by atoms with van der Waals surface area (Å²) in [7, 11) is 0. The van der Waals surface area contributed by atoms with Gasteiger partial charge in [-0.25, -0.2) is 0 Å². The quantitative estimate of drug-likeness (QED) is 0.801. The minimum Gasteiger partial charge on any atom is -0.508 e. The first-order valence-corrected chi connectivity index (χ1v) is 5.91. The minimum absolute atomic E-state index is 0.265. The molecule has 2 rings (SSSR count). The van der Waals surface area contributed by atoms with Crippen LogP contribution < -0.4 is 10.5 Å². The first-order valence-electron chi connectivity index (χ1n) is 5.91. The van der Waals surface area contributed by atoms with Gasteiger partial charge < -0.3 is 15.6 Å². The van der Waals surface area contributed by atoms with Crippen LogP contribution in [0.15, 0.2) is 24.3 Å². The summed E-state index contributed by atoms with van der Waals surface area (Å²) in [6, 6.07) is 6.83. The van der Waals surface area contributed by atoms with Gasteiger partial charge in [-0.1, -0.05) is 6.42 Å². The van der Waals surface area contributed by atoms with Gasteiger partial charge in [0.2, 0.25) is 0 Å². The van der Waals surface area contributed by atoms with E-state index in [1.165, 1.54) is 19.3 Å². The molecule has 3 heteroatoms. The molecule has 0 aliphatic heterocycles. The largest absolute Gasteiger partial charge is 0.508 e. The van der Waals surface area contributed by atoms with Crippen molar-refractivity contribution in [2.75, 3.05) is 13.2 Å². The number of phenolic OH excluding ortho intramolecular Hbond substituents is 1. The molecule has 1 aliphatic rings. The summed E-state index contributed by atoms with van der Waals surface area (Å²) in [6.45, 7) is 1.38. The third kappa shape index (κ3) is 2.67. The van der Waals surface area contributed by atoms with E-state index in [4.69, 9.17) is 15.6 Å². The summed E-state index contributed by atoms with van der Waals surface area (Å²) in [6.07, 6.45) is 3.92. The summed E-state index contributed by atoms with van der Waals surface area (Å²) in [5.74, 6) is 2.29. The molecule has 0 saturated heterocycles. The van der Waals surface area contributed by atoms with Crippen LogP contribution >= 0.6 is 0 Å². The Kier molecular flexibility index (Phi) is 3.67. The molecule has 88 valence electrons. The molecule has 1 atom stereocenters. The van der Waals surface area contributed by atoms with Gasteiger partial charge >= 0.3 is 0 Å². The van der Waals surface area contributed by atoms with Crippen molar-refractivity contribution in [1.82, 2.24) is 0 Å². The third-order valence-corrected chi connectivity index (χ3v) is 3.42. The molecule has 3 nitrogen and oxygen atoms in total.